The molecule has 0 saturated heterocycles. The summed E-state index contributed by atoms with van der Waals surface area (Å²) in [4.78, 5) is 17.0. The maximum Gasteiger partial charge on any atom is 0.178 e. The van der Waals surface area contributed by atoms with Gasteiger partial charge in [-0.25, -0.2) is 14.4 Å². The van der Waals surface area contributed by atoms with E-state index in [4.69, 9.17) is 5.73 Å². The first-order chi connectivity index (χ1) is 15.6. The van der Waals surface area contributed by atoms with Crippen LogP contribution in [0.2, 0.25) is 0 Å². The molecular formula is C22H13F2N7S. The van der Waals surface area contributed by atoms with Crippen molar-refractivity contribution in [3.63, 3.8) is 0 Å². The van der Waals surface area contributed by atoms with E-state index in [1.54, 1.807) is 30.6 Å². The smallest absolute Gasteiger partial charge is 0.178 e. The monoisotopic (exact) mass is 445 g/mol. The molecule has 0 fully saturated rings. The molecule has 6 rings (SSSR count). The van der Waals surface area contributed by atoms with E-state index in [0.29, 0.717) is 44.9 Å². The van der Waals surface area contributed by atoms with Crippen LogP contribution in [0.1, 0.15) is 0 Å². The summed E-state index contributed by atoms with van der Waals surface area (Å²) < 4.78 is 28.4. The van der Waals surface area contributed by atoms with Crippen LogP contribution in [0, 0.1) is 10.9 Å². The number of nitrogen functional groups attached to an aromatic ring is 1. The van der Waals surface area contributed by atoms with Crippen molar-refractivity contribution in [1.29, 1.82) is 0 Å². The van der Waals surface area contributed by atoms with E-state index < -0.39 is 5.82 Å². The van der Waals surface area contributed by atoms with Crippen molar-refractivity contribution in [2.24, 2.45) is 0 Å². The van der Waals surface area contributed by atoms with Gasteiger partial charge in [-0.15, -0.1) is 11.3 Å². The summed E-state index contributed by atoms with van der Waals surface area (Å²) in [5.74, 6) is -0.0341. The van der Waals surface area contributed by atoms with Gasteiger partial charge in [0.1, 0.15) is 11.2 Å². The molecule has 7 nitrogen and oxygen atoms in total. The van der Waals surface area contributed by atoms with Crippen molar-refractivity contribution in [1.82, 2.24) is 30.1 Å². The summed E-state index contributed by atoms with van der Waals surface area (Å²) in [7, 11) is 0. The number of nitrogens with two attached hydrogens (primary N) is 1. The number of nitrogens with one attached hydrogen (secondary N) is 2. The largest absolute Gasteiger partial charge is 0.397 e. The molecule has 0 aliphatic heterocycles. The van der Waals surface area contributed by atoms with Gasteiger partial charge >= 0.3 is 0 Å². The average Bonchev–Trinajstić information content (AvgIpc) is 3.50. The van der Waals surface area contributed by atoms with Crippen molar-refractivity contribution in [2.45, 2.75) is 0 Å². The number of fused-ring (bicyclic) bond motifs is 2. The van der Waals surface area contributed by atoms with E-state index in [2.05, 4.69) is 30.1 Å². The summed E-state index contributed by atoms with van der Waals surface area (Å²) in [6, 6.07) is 9.86. The molecule has 5 heterocycles. The molecule has 10 heteroatoms. The van der Waals surface area contributed by atoms with Gasteiger partial charge in [-0.3, -0.25) is 10.1 Å². The van der Waals surface area contributed by atoms with Gasteiger partial charge in [-0.2, -0.15) is 9.49 Å². The minimum atomic E-state index is -0.480. The van der Waals surface area contributed by atoms with E-state index in [0.717, 1.165) is 21.8 Å². The highest BCUT2D eigenvalue weighted by molar-refractivity contribution is 7.14. The van der Waals surface area contributed by atoms with Crippen LogP contribution in [0.25, 0.3) is 55.2 Å². The van der Waals surface area contributed by atoms with Gasteiger partial charge in [0.2, 0.25) is 0 Å². The normalized spacial score (nSPS) is 11.6. The molecule has 6 aromatic rings. The molecular weight excluding hydrogens is 432 g/mol. The molecule has 0 spiro atoms. The zero-order valence-electron chi connectivity index (χ0n) is 16.2. The van der Waals surface area contributed by atoms with Crippen LogP contribution in [0.3, 0.4) is 0 Å². The fraction of sp³-hybridized carbons (Fsp3) is 0. The summed E-state index contributed by atoms with van der Waals surface area (Å²) in [5, 5.41) is 7.28. The molecule has 0 saturated carbocycles. The number of aromatic amines is 2. The second kappa shape index (κ2) is 6.92. The number of aromatic nitrogens is 6. The standard InChI is InChI=1S/C22H13F2N7S/c23-15-7-10(11-5-12(25)9-26-8-11)6-14-18(15)30-31-20(14)22-28-19-13(3-4-27-21(19)29-22)16-1-2-17(24)32-16/h1-9H,25H2,(H,30,31)(H,27,28,29). The number of nitrogens with zero attached hydrogens (tertiary/aromatic N) is 4. The molecule has 0 amide bonds. The lowest BCUT2D eigenvalue weighted by atomic mass is 10.0. The van der Waals surface area contributed by atoms with Gasteiger partial charge in [0, 0.05) is 40.0 Å². The van der Waals surface area contributed by atoms with Gasteiger partial charge in [-0.1, -0.05) is 0 Å². The number of thiophene rings is 1. The zero-order chi connectivity index (χ0) is 21.8. The van der Waals surface area contributed by atoms with E-state index in [-0.39, 0.29) is 10.6 Å². The maximum atomic E-state index is 14.8. The third kappa shape index (κ3) is 2.92. The topological polar surface area (TPSA) is 109 Å². The predicted octanol–water partition coefficient (Wildman–Crippen LogP) is 5.15. The minimum Gasteiger partial charge on any atom is -0.397 e. The molecule has 0 radical (unpaired) electrons. The highest BCUT2D eigenvalue weighted by Crippen LogP contribution is 2.35. The van der Waals surface area contributed by atoms with Gasteiger partial charge in [-0.05, 0) is 42.0 Å². The Balaban J connectivity index is 1.54. The molecule has 0 aliphatic rings. The van der Waals surface area contributed by atoms with Crippen molar-refractivity contribution in [3.8, 4) is 33.1 Å². The van der Waals surface area contributed by atoms with Crippen LogP contribution in [-0.4, -0.2) is 30.1 Å². The van der Waals surface area contributed by atoms with Crippen LogP contribution in [0.5, 0.6) is 0 Å². The van der Waals surface area contributed by atoms with Crippen molar-refractivity contribution in [3.05, 3.63) is 65.9 Å². The lowest BCUT2D eigenvalue weighted by molar-refractivity contribution is 0.636. The first-order valence-corrected chi connectivity index (χ1v) is 10.4. The number of pyridine rings is 2. The second-order valence-corrected chi connectivity index (χ2v) is 8.24. The number of halogens is 2. The number of anilines is 1. The molecule has 0 atom stereocenters. The van der Waals surface area contributed by atoms with Crippen LogP contribution in [0.15, 0.2) is 55.0 Å². The van der Waals surface area contributed by atoms with Crippen LogP contribution < -0.4 is 5.73 Å². The minimum absolute atomic E-state index is 0.189. The third-order valence-electron chi connectivity index (χ3n) is 5.17. The predicted molar refractivity (Wildman–Crippen MR) is 120 cm³/mol. The summed E-state index contributed by atoms with van der Waals surface area (Å²) in [5.41, 5.74) is 10.2. The molecule has 156 valence electrons. The average molecular weight is 445 g/mol. The molecule has 4 N–H and O–H groups in total. The molecule has 1 aromatic carbocycles. The molecule has 0 aliphatic carbocycles. The van der Waals surface area contributed by atoms with E-state index in [1.807, 2.05) is 6.07 Å². The fourth-order valence-electron chi connectivity index (χ4n) is 3.73. The Morgan fingerprint density at radius 2 is 1.91 bits per heavy atom. The van der Waals surface area contributed by atoms with Gasteiger partial charge in [0.25, 0.3) is 0 Å². The number of hydrogen-bond acceptors (Lipinski definition) is 6. The summed E-state index contributed by atoms with van der Waals surface area (Å²) in [6.07, 6.45) is 4.77. The first-order valence-electron chi connectivity index (χ1n) is 9.56. The first kappa shape index (κ1) is 18.6. The SMILES string of the molecule is Nc1cncc(-c2cc(F)c3n[nH]c(-c4nc5nccc(-c6ccc(F)s6)c5[nH]4)c3c2)c1. The lowest BCUT2D eigenvalue weighted by Gasteiger charge is -2.04. The van der Waals surface area contributed by atoms with Gasteiger partial charge in [0.15, 0.2) is 22.4 Å². The highest BCUT2D eigenvalue weighted by Gasteiger charge is 2.18. The molecule has 5 aromatic heterocycles. The van der Waals surface area contributed by atoms with Crippen LogP contribution in [-0.2, 0) is 0 Å². The molecule has 0 bridgehead atoms. The molecule has 32 heavy (non-hydrogen) atoms. The molecule has 0 unspecified atom stereocenters. The van der Waals surface area contributed by atoms with Crippen LogP contribution >= 0.6 is 11.3 Å². The number of rotatable bonds is 3. The Morgan fingerprint density at radius 3 is 2.72 bits per heavy atom. The Morgan fingerprint density at radius 1 is 1.00 bits per heavy atom. The van der Waals surface area contributed by atoms with Gasteiger partial charge < -0.3 is 10.7 Å². The number of benzene rings is 1. The Labute approximate surface area is 183 Å². The Bertz CT molecular complexity index is 1630. The highest BCUT2D eigenvalue weighted by atomic mass is 32.1. The van der Waals surface area contributed by atoms with Gasteiger partial charge in [0.05, 0.1) is 11.2 Å². The van der Waals surface area contributed by atoms with E-state index in [9.17, 15) is 8.78 Å². The summed E-state index contributed by atoms with van der Waals surface area (Å²) >= 11 is 1.04. The lowest BCUT2D eigenvalue weighted by Crippen LogP contribution is -1.89. The zero-order valence-corrected chi connectivity index (χ0v) is 17.0. The van der Waals surface area contributed by atoms with Crippen LogP contribution in [0.4, 0.5) is 14.5 Å². The Kier molecular flexibility index (Phi) is 4.02. The number of imidazole rings is 1. The van der Waals surface area contributed by atoms with Crippen molar-refractivity contribution in [2.75, 3.05) is 5.73 Å². The summed E-state index contributed by atoms with van der Waals surface area (Å²) in [6.45, 7) is 0. The van der Waals surface area contributed by atoms with Crippen molar-refractivity contribution < 1.29 is 8.78 Å². The third-order valence-corrected chi connectivity index (χ3v) is 6.08. The van der Waals surface area contributed by atoms with E-state index in [1.165, 1.54) is 18.3 Å². The Hall–Kier alpha value is -4.18. The number of hydrogen-bond donors (Lipinski definition) is 3. The number of H-pyrrole nitrogens is 2. The van der Waals surface area contributed by atoms with E-state index >= 15 is 0 Å². The van der Waals surface area contributed by atoms with Crippen molar-refractivity contribution >= 4 is 39.1 Å². The fourth-order valence-corrected chi connectivity index (χ4v) is 4.49. The maximum absolute atomic E-state index is 14.8. The quantitative estimate of drug-likeness (QED) is 0.349. The second-order valence-electron chi connectivity index (χ2n) is 7.21.